The molecule has 0 heterocycles. The van der Waals surface area contributed by atoms with E-state index >= 15 is 0 Å². The molecule has 0 saturated carbocycles. The van der Waals surface area contributed by atoms with Crippen molar-refractivity contribution in [1.82, 2.24) is 0 Å². The molecular formula is C23H24Cl2O4. The Bertz CT molecular complexity index is 839. The largest absolute Gasteiger partial charge is 0.465 e. The summed E-state index contributed by atoms with van der Waals surface area (Å²) < 4.78 is 10.5. The number of carbonyl (C=O) groups excluding carboxylic acids is 2. The van der Waals surface area contributed by atoms with E-state index in [1.807, 2.05) is 18.2 Å². The number of ether oxygens (including phenoxy) is 2. The predicted octanol–water partition coefficient (Wildman–Crippen LogP) is 5.92. The van der Waals surface area contributed by atoms with Crippen LogP contribution in [0.2, 0.25) is 10.0 Å². The lowest BCUT2D eigenvalue weighted by Gasteiger charge is -2.32. The predicted molar refractivity (Wildman–Crippen MR) is 116 cm³/mol. The standard InChI is InChI=1S/C23H24Cl2O4/c1-4-28-21(26)23(3,22(27)29-5-2)20(17-9-13-19(25)14-10-17)15-8-16-6-11-18(24)12-7-16/h6-15,20H,4-5H2,1-3H3/b15-8+. The number of benzene rings is 2. The minimum atomic E-state index is -1.57. The van der Waals surface area contributed by atoms with E-state index in [9.17, 15) is 9.59 Å². The van der Waals surface area contributed by atoms with Gasteiger partial charge in [0, 0.05) is 16.0 Å². The molecule has 6 heteroatoms. The first-order valence-electron chi connectivity index (χ1n) is 9.36. The van der Waals surface area contributed by atoms with Crippen LogP contribution in [-0.4, -0.2) is 25.2 Å². The number of hydrogen-bond donors (Lipinski definition) is 0. The number of halogens is 2. The third-order valence-corrected chi connectivity index (χ3v) is 5.11. The third kappa shape index (κ3) is 5.62. The van der Waals surface area contributed by atoms with Gasteiger partial charge in [-0.1, -0.05) is 59.6 Å². The van der Waals surface area contributed by atoms with Crippen molar-refractivity contribution in [2.24, 2.45) is 5.41 Å². The molecule has 0 spiro atoms. The van der Waals surface area contributed by atoms with E-state index in [0.29, 0.717) is 10.0 Å². The highest BCUT2D eigenvalue weighted by Crippen LogP contribution is 2.40. The van der Waals surface area contributed by atoms with E-state index in [1.165, 1.54) is 0 Å². The Morgan fingerprint density at radius 1 is 0.897 bits per heavy atom. The highest BCUT2D eigenvalue weighted by Gasteiger charge is 2.50. The second-order valence-corrected chi connectivity index (χ2v) is 7.46. The van der Waals surface area contributed by atoms with Gasteiger partial charge in [0.05, 0.1) is 13.2 Å². The van der Waals surface area contributed by atoms with Crippen molar-refractivity contribution in [2.45, 2.75) is 26.7 Å². The molecule has 29 heavy (non-hydrogen) atoms. The van der Waals surface area contributed by atoms with Gasteiger partial charge in [-0.3, -0.25) is 9.59 Å². The molecule has 0 aliphatic rings. The molecule has 0 bridgehead atoms. The Morgan fingerprint density at radius 2 is 1.34 bits per heavy atom. The van der Waals surface area contributed by atoms with Gasteiger partial charge in [-0.15, -0.1) is 0 Å². The Kier molecular flexibility index (Phi) is 8.30. The van der Waals surface area contributed by atoms with Gasteiger partial charge in [0.25, 0.3) is 0 Å². The Balaban J connectivity index is 2.57. The lowest BCUT2D eigenvalue weighted by Crippen LogP contribution is -2.44. The SMILES string of the molecule is CCOC(=O)C(C)(C(=O)OCC)C(/C=C/c1ccc(Cl)cc1)c1ccc(Cl)cc1. The maximum Gasteiger partial charge on any atom is 0.324 e. The fraction of sp³-hybridized carbons (Fsp3) is 0.304. The molecule has 0 aromatic heterocycles. The lowest BCUT2D eigenvalue weighted by molar-refractivity contribution is -0.171. The van der Waals surface area contributed by atoms with Crippen LogP contribution in [0.1, 0.15) is 37.8 Å². The van der Waals surface area contributed by atoms with Crippen LogP contribution in [0.25, 0.3) is 6.08 Å². The van der Waals surface area contributed by atoms with Crippen molar-refractivity contribution in [3.63, 3.8) is 0 Å². The van der Waals surface area contributed by atoms with Crippen molar-refractivity contribution in [3.8, 4) is 0 Å². The zero-order chi connectivity index (χ0) is 21.4. The first-order chi connectivity index (χ1) is 13.8. The average molecular weight is 435 g/mol. The lowest BCUT2D eigenvalue weighted by atomic mass is 9.72. The number of rotatable bonds is 8. The van der Waals surface area contributed by atoms with Gasteiger partial charge < -0.3 is 9.47 Å². The third-order valence-electron chi connectivity index (χ3n) is 4.60. The van der Waals surface area contributed by atoms with Gasteiger partial charge >= 0.3 is 11.9 Å². The topological polar surface area (TPSA) is 52.6 Å². The minimum absolute atomic E-state index is 0.155. The number of hydrogen-bond acceptors (Lipinski definition) is 4. The Morgan fingerprint density at radius 3 is 1.79 bits per heavy atom. The fourth-order valence-electron chi connectivity index (χ4n) is 2.99. The second kappa shape index (κ2) is 10.5. The summed E-state index contributed by atoms with van der Waals surface area (Å²) in [6, 6.07) is 14.3. The van der Waals surface area contributed by atoms with Crippen molar-refractivity contribution < 1.29 is 19.1 Å². The van der Waals surface area contributed by atoms with Crippen molar-refractivity contribution >= 4 is 41.2 Å². The number of allylic oxidation sites excluding steroid dienone is 1. The van der Waals surface area contributed by atoms with Crippen LogP contribution in [-0.2, 0) is 19.1 Å². The molecule has 0 aliphatic carbocycles. The second-order valence-electron chi connectivity index (χ2n) is 6.58. The van der Waals surface area contributed by atoms with Gasteiger partial charge in [-0.2, -0.15) is 0 Å². The molecule has 0 fully saturated rings. The normalized spacial score (nSPS) is 12.6. The summed E-state index contributed by atoms with van der Waals surface area (Å²) in [4.78, 5) is 25.8. The van der Waals surface area contributed by atoms with Crippen LogP contribution < -0.4 is 0 Å². The van der Waals surface area contributed by atoms with E-state index in [4.69, 9.17) is 32.7 Å². The van der Waals surface area contributed by atoms with Crippen LogP contribution in [0.5, 0.6) is 0 Å². The monoisotopic (exact) mass is 434 g/mol. The van der Waals surface area contributed by atoms with Gasteiger partial charge in [-0.25, -0.2) is 0 Å². The summed E-state index contributed by atoms with van der Waals surface area (Å²) >= 11 is 12.0. The van der Waals surface area contributed by atoms with Crippen LogP contribution in [0, 0.1) is 5.41 Å². The van der Waals surface area contributed by atoms with Gasteiger partial charge in [0.15, 0.2) is 5.41 Å². The van der Waals surface area contributed by atoms with Crippen molar-refractivity contribution in [2.75, 3.05) is 13.2 Å². The smallest absolute Gasteiger partial charge is 0.324 e. The average Bonchev–Trinajstić information content (AvgIpc) is 2.70. The van der Waals surface area contributed by atoms with E-state index in [0.717, 1.165) is 11.1 Å². The van der Waals surface area contributed by atoms with Crippen LogP contribution in [0.3, 0.4) is 0 Å². The van der Waals surface area contributed by atoms with E-state index in [-0.39, 0.29) is 13.2 Å². The van der Waals surface area contributed by atoms with Gasteiger partial charge in [0.2, 0.25) is 0 Å². The fourth-order valence-corrected chi connectivity index (χ4v) is 3.24. The number of esters is 2. The summed E-state index contributed by atoms with van der Waals surface area (Å²) in [6.07, 6.45) is 3.65. The molecule has 2 rings (SSSR count). The molecule has 154 valence electrons. The molecule has 2 aromatic carbocycles. The van der Waals surface area contributed by atoms with Crippen molar-refractivity contribution in [1.29, 1.82) is 0 Å². The zero-order valence-corrected chi connectivity index (χ0v) is 18.2. The molecule has 0 N–H and O–H groups in total. The summed E-state index contributed by atoms with van der Waals surface area (Å²) in [5.74, 6) is -1.91. The molecule has 0 amide bonds. The molecule has 1 unspecified atom stereocenters. The Labute approximate surface area is 181 Å². The molecule has 1 atom stereocenters. The maximum absolute atomic E-state index is 12.9. The highest BCUT2D eigenvalue weighted by atomic mass is 35.5. The summed E-state index contributed by atoms with van der Waals surface area (Å²) in [6.45, 7) is 5.26. The molecular weight excluding hydrogens is 411 g/mol. The first-order valence-corrected chi connectivity index (χ1v) is 10.1. The summed E-state index contributed by atoms with van der Waals surface area (Å²) in [5.41, 5.74) is 0.0506. The summed E-state index contributed by atoms with van der Waals surface area (Å²) in [5, 5.41) is 1.18. The van der Waals surface area contributed by atoms with Crippen LogP contribution in [0.4, 0.5) is 0 Å². The number of carbonyl (C=O) groups is 2. The van der Waals surface area contributed by atoms with Gasteiger partial charge in [0.1, 0.15) is 0 Å². The quantitative estimate of drug-likeness (QED) is 0.381. The Hall–Kier alpha value is -2.30. The van der Waals surface area contributed by atoms with Crippen LogP contribution in [0.15, 0.2) is 54.6 Å². The highest BCUT2D eigenvalue weighted by molar-refractivity contribution is 6.30. The maximum atomic E-state index is 12.9. The van der Waals surface area contributed by atoms with Gasteiger partial charge in [-0.05, 0) is 56.2 Å². The summed E-state index contributed by atoms with van der Waals surface area (Å²) in [7, 11) is 0. The molecule has 2 aromatic rings. The van der Waals surface area contributed by atoms with E-state index in [1.54, 1.807) is 63.2 Å². The van der Waals surface area contributed by atoms with E-state index in [2.05, 4.69) is 0 Å². The van der Waals surface area contributed by atoms with Crippen molar-refractivity contribution in [3.05, 3.63) is 75.8 Å². The molecule has 0 radical (unpaired) electrons. The van der Waals surface area contributed by atoms with Crippen LogP contribution >= 0.6 is 23.2 Å². The molecule has 0 saturated heterocycles. The van der Waals surface area contributed by atoms with E-state index < -0.39 is 23.3 Å². The molecule has 4 nitrogen and oxygen atoms in total. The molecule has 0 aliphatic heterocycles. The zero-order valence-electron chi connectivity index (χ0n) is 16.7. The first kappa shape index (κ1) is 23.0. The minimum Gasteiger partial charge on any atom is -0.465 e.